The van der Waals surface area contributed by atoms with Crippen LogP contribution in [0.3, 0.4) is 0 Å². The normalized spacial score (nSPS) is 10.7. The number of ether oxygens (including phenoxy) is 1. The first-order valence-electron chi connectivity index (χ1n) is 6.22. The first kappa shape index (κ1) is 13.7. The minimum absolute atomic E-state index is 0.219. The highest BCUT2D eigenvalue weighted by molar-refractivity contribution is 6.29. The van der Waals surface area contributed by atoms with Gasteiger partial charge in [-0.05, 0) is 12.1 Å². The summed E-state index contributed by atoms with van der Waals surface area (Å²) in [4.78, 5) is 12.7. The molecule has 0 aromatic carbocycles. The summed E-state index contributed by atoms with van der Waals surface area (Å²) in [5.74, 6) is 1.43. The molecule has 19 heavy (non-hydrogen) atoms. The molecule has 4 nitrogen and oxygen atoms in total. The summed E-state index contributed by atoms with van der Waals surface area (Å²) in [6.07, 6.45) is 2.51. The van der Waals surface area contributed by atoms with E-state index in [1.165, 1.54) is 0 Å². The van der Waals surface area contributed by atoms with Crippen LogP contribution in [0.5, 0.6) is 5.88 Å². The minimum Gasteiger partial charge on any atom is -0.477 e. The van der Waals surface area contributed by atoms with Crippen LogP contribution in [-0.2, 0) is 6.42 Å². The average molecular weight is 278 g/mol. The van der Waals surface area contributed by atoms with E-state index in [0.29, 0.717) is 23.5 Å². The summed E-state index contributed by atoms with van der Waals surface area (Å²) >= 11 is 5.95. The van der Waals surface area contributed by atoms with Gasteiger partial charge in [-0.15, -0.1) is 0 Å². The Balaban J connectivity index is 1.96. The third-order valence-corrected chi connectivity index (χ3v) is 2.73. The average Bonchev–Trinajstić information content (AvgIpc) is 2.39. The fourth-order valence-electron chi connectivity index (χ4n) is 1.55. The first-order valence-corrected chi connectivity index (χ1v) is 6.60. The first-order chi connectivity index (χ1) is 9.15. The lowest BCUT2D eigenvalue weighted by atomic mass is 10.2. The van der Waals surface area contributed by atoms with Crippen molar-refractivity contribution in [3.05, 3.63) is 47.1 Å². The maximum Gasteiger partial charge on any atom is 0.218 e. The van der Waals surface area contributed by atoms with E-state index in [-0.39, 0.29) is 5.92 Å². The molecular weight excluding hydrogens is 262 g/mol. The number of rotatable bonds is 5. The molecule has 2 aromatic heterocycles. The summed E-state index contributed by atoms with van der Waals surface area (Å²) in [5.41, 5.74) is 0.992. The lowest BCUT2D eigenvalue weighted by Crippen LogP contribution is -2.06. The fourth-order valence-corrected chi connectivity index (χ4v) is 1.73. The van der Waals surface area contributed by atoms with Crippen molar-refractivity contribution in [1.29, 1.82) is 0 Å². The van der Waals surface area contributed by atoms with Gasteiger partial charge in [-0.3, -0.25) is 4.98 Å². The zero-order chi connectivity index (χ0) is 13.7. The second kappa shape index (κ2) is 6.48. The Morgan fingerprint density at radius 2 is 2.11 bits per heavy atom. The minimum atomic E-state index is 0.219. The second-order valence-corrected chi connectivity index (χ2v) is 4.85. The van der Waals surface area contributed by atoms with Crippen molar-refractivity contribution in [3.8, 4) is 5.88 Å². The van der Waals surface area contributed by atoms with Crippen molar-refractivity contribution < 1.29 is 4.74 Å². The molecule has 0 aliphatic rings. The lowest BCUT2D eigenvalue weighted by molar-refractivity contribution is 0.306. The molecule has 0 saturated carbocycles. The Labute approximate surface area is 117 Å². The van der Waals surface area contributed by atoms with Gasteiger partial charge in [0.2, 0.25) is 5.88 Å². The van der Waals surface area contributed by atoms with E-state index in [0.717, 1.165) is 12.1 Å². The molecule has 100 valence electrons. The van der Waals surface area contributed by atoms with Crippen LogP contribution in [0.25, 0.3) is 0 Å². The number of hydrogen-bond donors (Lipinski definition) is 0. The van der Waals surface area contributed by atoms with Crippen LogP contribution in [0.2, 0.25) is 5.15 Å². The summed E-state index contributed by atoms with van der Waals surface area (Å²) in [6, 6.07) is 7.45. The van der Waals surface area contributed by atoms with E-state index < -0.39 is 0 Å². The van der Waals surface area contributed by atoms with Crippen molar-refractivity contribution >= 4 is 11.6 Å². The molecule has 0 aliphatic heterocycles. The predicted molar refractivity (Wildman–Crippen MR) is 74.6 cm³/mol. The van der Waals surface area contributed by atoms with Gasteiger partial charge in [-0.25, -0.2) is 4.98 Å². The molecule has 0 radical (unpaired) electrons. The van der Waals surface area contributed by atoms with Crippen molar-refractivity contribution in [2.75, 3.05) is 6.61 Å². The molecule has 0 aliphatic carbocycles. The van der Waals surface area contributed by atoms with Crippen molar-refractivity contribution in [2.24, 2.45) is 0 Å². The number of pyridine rings is 1. The molecule has 0 fully saturated rings. The van der Waals surface area contributed by atoms with E-state index in [2.05, 4.69) is 15.0 Å². The summed E-state index contributed by atoms with van der Waals surface area (Å²) in [7, 11) is 0. The Hall–Kier alpha value is -1.68. The van der Waals surface area contributed by atoms with E-state index in [9.17, 15) is 0 Å². The Kier molecular flexibility index (Phi) is 4.68. The molecule has 0 saturated heterocycles. The topological polar surface area (TPSA) is 47.9 Å². The Morgan fingerprint density at radius 1 is 1.26 bits per heavy atom. The van der Waals surface area contributed by atoms with E-state index in [4.69, 9.17) is 16.3 Å². The summed E-state index contributed by atoms with van der Waals surface area (Å²) in [6.45, 7) is 4.55. The number of nitrogens with zero attached hydrogens (tertiary/aromatic N) is 3. The Morgan fingerprint density at radius 3 is 2.79 bits per heavy atom. The molecule has 0 amide bonds. The zero-order valence-electron chi connectivity index (χ0n) is 11.0. The largest absolute Gasteiger partial charge is 0.477 e. The SMILES string of the molecule is CC(C)c1nc(Cl)cc(OCCc2ccccn2)n1. The van der Waals surface area contributed by atoms with Crippen LogP contribution in [0, 0.1) is 0 Å². The molecule has 0 atom stereocenters. The van der Waals surface area contributed by atoms with Crippen molar-refractivity contribution in [2.45, 2.75) is 26.2 Å². The van der Waals surface area contributed by atoms with Gasteiger partial charge in [-0.2, -0.15) is 4.98 Å². The Bertz CT molecular complexity index is 531. The molecular formula is C14H16ClN3O. The third-order valence-electron chi connectivity index (χ3n) is 2.54. The second-order valence-electron chi connectivity index (χ2n) is 4.46. The van der Waals surface area contributed by atoms with Crippen LogP contribution in [0.4, 0.5) is 0 Å². The van der Waals surface area contributed by atoms with Crippen LogP contribution >= 0.6 is 11.6 Å². The molecule has 5 heteroatoms. The molecule has 0 N–H and O–H groups in total. The van der Waals surface area contributed by atoms with Crippen LogP contribution in [-0.4, -0.2) is 21.6 Å². The quantitative estimate of drug-likeness (QED) is 0.787. The van der Waals surface area contributed by atoms with Crippen LogP contribution < -0.4 is 4.74 Å². The molecule has 0 bridgehead atoms. The van der Waals surface area contributed by atoms with E-state index in [1.807, 2.05) is 32.0 Å². The van der Waals surface area contributed by atoms with E-state index >= 15 is 0 Å². The third kappa shape index (κ3) is 4.17. The maximum atomic E-state index is 5.95. The standard InChI is InChI=1S/C14H16ClN3O/c1-10(2)14-17-12(15)9-13(18-14)19-8-6-11-5-3-4-7-16-11/h3-5,7,9-10H,6,8H2,1-2H3. The van der Waals surface area contributed by atoms with Crippen molar-refractivity contribution in [1.82, 2.24) is 15.0 Å². The van der Waals surface area contributed by atoms with Gasteiger partial charge in [0.05, 0.1) is 6.61 Å². The maximum absolute atomic E-state index is 5.95. The van der Waals surface area contributed by atoms with Gasteiger partial charge < -0.3 is 4.74 Å². The van der Waals surface area contributed by atoms with Gasteiger partial charge in [0.1, 0.15) is 11.0 Å². The molecule has 2 aromatic rings. The lowest BCUT2D eigenvalue weighted by Gasteiger charge is -2.08. The van der Waals surface area contributed by atoms with Gasteiger partial charge in [0, 0.05) is 30.3 Å². The van der Waals surface area contributed by atoms with E-state index in [1.54, 1.807) is 12.3 Å². The monoisotopic (exact) mass is 277 g/mol. The van der Waals surface area contributed by atoms with Crippen molar-refractivity contribution in [3.63, 3.8) is 0 Å². The smallest absolute Gasteiger partial charge is 0.218 e. The fraction of sp³-hybridized carbons (Fsp3) is 0.357. The highest BCUT2D eigenvalue weighted by Gasteiger charge is 2.07. The summed E-state index contributed by atoms with van der Waals surface area (Å²) in [5, 5.41) is 0.409. The van der Waals surface area contributed by atoms with Gasteiger partial charge >= 0.3 is 0 Å². The zero-order valence-corrected chi connectivity index (χ0v) is 11.8. The molecule has 2 rings (SSSR count). The molecule has 0 spiro atoms. The molecule has 2 heterocycles. The van der Waals surface area contributed by atoms with Gasteiger partial charge in [0.15, 0.2) is 0 Å². The van der Waals surface area contributed by atoms with Gasteiger partial charge in [-0.1, -0.05) is 31.5 Å². The summed E-state index contributed by atoms with van der Waals surface area (Å²) < 4.78 is 5.61. The molecule has 0 unspecified atom stereocenters. The number of hydrogen-bond acceptors (Lipinski definition) is 4. The number of halogens is 1. The highest BCUT2D eigenvalue weighted by atomic mass is 35.5. The number of aromatic nitrogens is 3. The van der Waals surface area contributed by atoms with Gasteiger partial charge in [0.25, 0.3) is 0 Å². The van der Waals surface area contributed by atoms with Crippen LogP contribution in [0.15, 0.2) is 30.5 Å². The highest BCUT2D eigenvalue weighted by Crippen LogP contribution is 2.18. The van der Waals surface area contributed by atoms with Crippen LogP contribution in [0.1, 0.15) is 31.3 Å². The predicted octanol–water partition coefficient (Wildman–Crippen LogP) is 3.27.